The van der Waals surface area contributed by atoms with Crippen molar-refractivity contribution in [2.24, 2.45) is 0 Å². The standard InChI is InChI=1S/C24H23N5O3S3/c1-3-32-22(31)21-16(2)25-23(35-21)26-20(30)15-34-24-28-27-19(14-33-18-12-8-5-9-13-18)29(24)17-10-6-4-7-11-17/h4-13H,3,14-15H2,1-2H3,(H,25,26,30). The third kappa shape index (κ3) is 6.50. The van der Waals surface area contributed by atoms with Gasteiger partial charge in [-0.1, -0.05) is 59.5 Å². The molecule has 11 heteroatoms. The molecule has 0 aliphatic rings. The van der Waals surface area contributed by atoms with E-state index >= 15 is 0 Å². The van der Waals surface area contributed by atoms with Gasteiger partial charge in [0.2, 0.25) is 5.91 Å². The van der Waals surface area contributed by atoms with Crippen LogP contribution in [0.3, 0.4) is 0 Å². The summed E-state index contributed by atoms with van der Waals surface area (Å²) in [6, 6.07) is 19.9. The highest BCUT2D eigenvalue weighted by Crippen LogP contribution is 2.28. The molecule has 8 nitrogen and oxygen atoms in total. The Labute approximate surface area is 215 Å². The molecule has 180 valence electrons. The van der Waals surface area contributed by atoms with E-state index in [4.69, 9.17) is 4.74 Å². The first kappa shape index (κ1) is 25.0. The predicted octanol–water partition coefficient (Wildman–Crippen LogP) is 5.23. The van der Waals surface area contributed by atoms with Crippen molar-refractivity contribution in [1.29, 1.82) is 0 Å². The Bertz CT molecular complexity index is 1290. The van der Waals surface area contributed by atoms with Gasteiger partial charge < -0.3 is 10.1 Å². The van der Waals surface area contributed by atoms with E-state index in [0.717, 1.165) is 27.7 Å². The van der Waals surface area contributed by atoms with Gasteiger partial charge in [0.25, 0.3) is 0 Å². The summed E-state index contributed by atoms with van der Waals surface area (Å²) in [7, 11) is 0. The largest absolute Gasteiger partial charge is 0.462 e. The van der Waals surface area contributed by atoms with E-state index in [-0.39, 0.29) is 18.3 Å². The van der Waals surface area contributed by atoms with Crippen molar-refractivity contribution in [1.82, 2.24) is 19.7 Å². The summed E-state index contributed by atoms with van der Waals surface area (Å²) >= 11 is 4.07. The summed E-state index contributed by atoms with van der Waals surface area (Å²) in [5.41, 5.74) is 1.46. The molecule has 0 saturated carbocycles. The van der Waals surface area contributed by atoms with Crippen LogP contribution >= 0.6 is 34.9 Å². The van der Waals surface area contributed by atoms with Crippen molar-refractivity contribution in [3.63, 3.8) is 0 Å². The van der Waals surface area contributed by atoms with Gasteiger partial charge in [-0.3, -0.25) is 9.36 Å². The van der Waals surface area contributed by atoms with E-state index in [1.54, 1.807) is 25.6 Å². The highest BCUT2D eigenvalue weighted by Gasteiger charge is 2.19. The fourth-order valence-electron chi connectivity index (χ4n) is 3.11. The molecule has 4 aromatic rings. The smallest absolute Gasteiger partial charge is 0.350 e. The van der Waals surface area contributed by atoms with Gasteiger partial charge in [-0.2, -0.15) is 0 Å². The van der Waals surface area contributed by atoms with E-state index in [0.29, 0.717) is 26.6 Å². The third-order valence-electron chi connectivity index (χ3n) is 4.66. The van der Waals surface area contributed by atoms with Gasteiger partial charge in [-0.05, 0) is 38.1 Å². The number of carbonyl (C=O) groups is 2. The second-order valence-electron chi connectivity index (χ2n) is 7.16. The number of thiazole rings is 1. The average molecular weight is 526 g/mol. The normalized spacial score (nSPS) is 10.8. The molecule has 0 spiro atoms. The van der Waals surface area contributed by atoms with Crippen LogP contribution < -0.4 is 5.32 Å². The molecule has 0 aliphatic carbocycles. The zero-order chi connectivity index (χ0) is 24.6. The van der Waals surface area contributed by atoms with Gasteiger partial charge in [0.05, 0.1) is 23.8 Å². The number of aryl methyl sites for hydroxylation is 1. The number of thioether (sulfide) groups is 2. The van der Waals surface area contributed by atoms with Gasteiger partial charge in [-0.25, -0.2) is 9.78 Å². The van der Waals surface area contributed by atoms with Crippen LogP contribution in [0.25, 0.3) is 5.69 Å². The first-order valence-electron chi connectivity index (χ1n) is 10.8. The molecule has 2 aromatic heterocycles. The molecule has 0 aliphatic heterocycles. The molecule has 0 unspecified atom stereocenters. The van der Waals surface area contributed by atoms with Crippen LogP contribution in [-0.4, -0.2) is 44.0 Å². The summed E-state index contributed by atoms with van der Waals surface area (Å²) in [6.07, 6.45) is 0. The van der Waals surface area contributed by atoms with Crippen LogP contribution in [0.4, 0.5) is 5.13 Å². The number of anilines is 1. The number of rotatable bonds is 10. The minimum Gasteiger partial charge on any atom is -0.462 e. The molecule has 35 heavy (non-hydrogen) atoms. The van der Waals surface area contributed by atoms with E-state index in [1.807, 2.05) is 53.1 Å². The molecule has 2 heterocycles. The van der Waals surface area contributed by atoms with Gasteiger partial charge in [0.1, 0.15) is 10.7 Å². The van der Waals surface area contributed by atoms with Crippen LogP contribution in [0.1, 0.15) is 28.1 Å². The van der Waals surface area contributed by atoms with E-state index in [9.17, 15) is 9.59 Å². The number of hydrogen-bond donors (Lipinski definition) is 1. The second-order valence-corrected chi connectivity index (χ2v) is 10.2. The highest BCUT2D eigenvalue weighted by molar-refractivity contribution is 7.99. The molecular formula is C24H23N5O3S3. The lowest BCUT2D eigenvalue weighted by Gasteiger charge is -2.10. The Morgan fingerprint density at radius 1 is 1.03 bits per heavy atom. The van der Waals surface area contributed by atoms with Crippen molar-refractivity contribution in [3.8, 4) is 5.69 Å². The number of nitrogens with one attached hydrogen (secondary N) is 1. The molecule has 0 saturated heterocycles. The summed E-state index contributed by atoms with van der Waals surface area (Å²) in [6.45, 7) is 3.74. The number of carbonyl (C=O) groups excluding carboxylic acids is 2. The molecule has 1 amide bonds. The van der Waals surface area contributed by atoms with Gasteiger partial charge in [0.15, 0.2) is 10.3 Å². The maximum atomic E-state index is 12.6. The van der Waals surface area contributed by atoms with Crippen molar-refractivity contribution in [2.75, 3.05) is 17.7 Å². The van der Waals surface area contributed by atoms with Crippen LogP contribution in [0.5, 0.6) is 0 Å². The molecule has 1 N–H and O–H groups in total. The molecule has 2 aromatic carbocycles. The lowest BCUT2D eigenvalue weighted by molar-refractivity contribution is -0.113. The Hall–Kier alpha value is -3.15. The second kappa shape index (κ2) is 12.0. The minimum atomic E-state index is -0.436. The van der Waals surface area contributed by atoms with Crippen molar-refractivity contribution < 1.29 is 14.3 Å². The Morgan fingerprint density at radius 2 is 1.74 bits per heavy atom. The van der Waals surface area contributed by atoms with Gasteiger partial charge in [0, 0.05) is 10.6 Å². The fraction of sp³-hybridized carbons (Fsp3) is 0.208. The quantitative estimate of drug-likeness (QED) is 0.222. The number of aromatic nitrogens is 4. The zero-order valence-corrected chi connectivity index (χ0v) is 21.6. The average Bonchev–Trinajstić information content (AvgIpc) is 3.45. The number of esters is 1. The van der Waals surface area contributed by atoms with Crippen LogP contribution in [0.15, 0.2) is 70.7 Å². The number of benzene rings is 2. The molecule has 0 fully saturated rings. The Kier molecular flexibility index (Phi) is 8.56. The maximum absolute atomic E-state index is 12.6. The molecule has 0 bridgehead atoms. The van der Waals surface area contributed by atoms with E-state index in [2.05, 4.69) is 32.6 Å². The SMILES string of the molecule is CCOC(=O)c1sc(NC(=O)CSc2nnc(CSc3ccccc3)n2-c2ccccc2)nc1C. The maximum Gasteiger partial charge on any atom is 0.350 e. The number of ether oxygens (including phenoxy) is 1. The number of para-hydroxylation sites is 1. The first-order valence-corrected chi connectivity index (χ1v) is 13.6. The number of hydrogen-bond acceptors (Lipinski definition) is 9. The minimum absolute atomic E-state index is 0.115. The molecule has 4 rings (SSSR count). The highest BCUT2D eigenvalue weighted by atomic mass is 32.2. The summed E-state index contributed by atoms with van der Waals surface area (Å²) in [4.78, 5) is 30.4. The summed E-state index contributed by atoms with van der Waals surface area (Å²) in [5, 5.41) is 12.5. The molecule has 0 radical (unpaired) electrons. The van der Waals surface area contributed by atoms with Gasteiger partial charge >= 0.3 is 5.97 Å². The summed E-state index contributed by atoms with van der Waals surface area (Å²) < 4.78 is 7.01. The number of amides is 1. The van der Waals surface area contributed by atoms with Crippen molar-refractivity contribution in [2.45, 2.75) is 29.7 Å². The lowest BCUT2D eigenvalue weighted by Crippen LogP contribution is -2.14. The van der Waals surface area contributed by atoms with Crippen molar-refractivity contribution in [3.05, 3.63) is 77.1 Å². The topological polar surface area (TPSA) is 99.0 Å². The lowest BCUT2D eigenvalue weighted by atomic mass is 10.3. The number of nitrogens with zero attached hydrogens (tertiary/aromatic N) is 4. The van der Waals surface area contributed by atoms with E-state index < -0.39 is 5.97 Å². The molecule has 0 atom stereocenters. The first-order chi connectivity index (χ1) is 17.0. The van der Waals surface area contributed by atoms with E-state index in [1.165, 1.54) is 11.8 Å². The van der Waals surface area contributed by atoms with Crippen LogP contribution in [0, 0.1) is 6.92 Å². The predicted molar refractivity (Wildman–Crippen MR) is 140 cm³/mol. The third-order valence-corrected chi connectivity index (χ3v) is 7.65. The Morgan fingerprint density at radius 3 is 2.46 bits per heavy atom. The molecular weight excluding hydrogens is 502 g/mol. The zero-order valence-electron chi connectivity index (χ0n) is 19.1. The van der Waals surface area contributed by atoms with Crippen molar-refractivity contribution >= 4 is 51.9 Å². The van der Waals surface area contributed by atoms with Crippen LogP contribution in [0.2, 0.25) is 0 Å². The van der Waals surface area contributed by atoms with Crippen LogP contribution in [-0.2, 0) is 15.3 Å². The van der Waals surface area contributed by atoms with Gasteiger partial charge in [-0.15, -0.1) is 22.0 Å². The summed E-state index contributed by atoms with van der Waals surface area (Å²) in [5.74, 6) is 0.858. The Balaban J connectivity index is 1.45. The fourth-order valence-corrected chi connectivity index (χ4v) is 5.59. The monoisotopic (exact) mass is 525 g/mol.